The van der Waals surface area contributed by atoms with Crippen LogP contribution in [-0.4, -0.2) is 52.4 Å². The Hall–Kier alpha value is -2.80. The lowest BCUT2D eigenvalue weighted by Gasteiger charge is -2.14. The normalized spacial score (nSPS) is 19.8. The Balaban J connectivity index is 1.54. The minimum absolute atomic E-state index is 0.0403. The monoisotopic (exact) mass is 369 g/mol. The molecule has 0 spiro atoms. The zero-order valence-corrected chi connectivity index (χ0v) is 15.7. The number of aromatic amines is 1. The molecule has 27 heavy (non-hydrogen) atoms. The summed E-state index contributed by atoms with van der Waals surface area (Å²) in [4.78, 5) is 14.7. The number of β-amino-alcohol motifs (C(OH)–C–C–N with tert-alkyl or cyclic N) is 1. The Kier molecular flexibility index (Phi) is 4.39. The number of aryl methyl sites for hydroxylation is 2. The molecular weight excluding hydrogens is 346 g/mol. The standard InChI is InChI=1S/C20H23N3O4/c1-11-6-14(22-21-11)7-13-9-23(10-17(13)24)20(25)19-12(2)16-5-4-15(26-3)8-18(16)27-19/h4-6,8,13,17,24H,7,9-10H2,1-3H3,(H,21,22)/t13-,17-/m1/s1. The molecule has 1 saturated heterocycles. The van der Waals surface area contributed by atoms with Crippen molar-refractivity contribution in [1.29, 1.82) is 0 Å². The first-order valence-electron chi connectivity index (χ1n) is 9.01. The van der Waals surface area contributed by atoms with E-state index < -0.39 is 6.10 Å². The highest BCUT2D eigenvalue weighted by Gasteiger charge is 2.36. The fourth-order valence-electron chi connectivity index (χ4n) is 3.75. The number of likely N-dealkylation sites (tertiary alicyclic amines) is 1. The molecule has 1 aliphatic rings. The SMILES string of the molecule is COc1ccc2c(C)c(C(=O)N3C[C@@H](Cc4cc(C)[nH]n4)[C@H](O)C3)oc2c1. The molecule has 3 heterocycles. The summed E-state index contributed by atoms with van der Waals surface area (Å²) >= 11 is 0. The van der Waals surface area contributed by atoms with Crippen molar-refractivity contribution in [3.8, 4) is 5.75 Å². The lowest BCUT2D eigenvalue weighted by molar-refractivity contribution is 0.0735. The summed E-state index contributed by atoms with van der Waals surface area (Å²) in [5.74, 6) is 0.770. The van der Waals surface area contributed by atoms with E-state index >= 15 is 0 Å². The van der Waals surface area contributed by atoms with Crippen molar-refractivity contribution in [2.75, 3.05) is 20.2 Å². The second-order valence-electron chi connectivity index (χ2n) is 7.20. The average molecular weight is 369 g/mol. The molecular formula is C20H23N3O4. The Bertz CT molecular complexity index is 990. The highest BCUT2D eigenvalue weighted by molar-refractivity contribution is 5.99. The summed E-state index contributed by atoms with van der Waals surface area (Å²) in [6.07, 6.45) is 0.0572. The van der Waals surface area contributed by atoms with Crippen LogP contribution in [0.3, 0.4) is 0 Å². The van der Waals surface area contributed by atoms with Gasteiger partial charge in [-0.15, -0.1) is 0 Å². The molecule has 2 aromatic heterocycles. The lowest BCUT2D eigenvalue weighted by Crippen LogP contribution is -2.29. The van der Waals surface area contributed by atoms with Gasteiger partial charge >= 0.3 is 0 Å². The molecule has 7 nitrogen and oxygen atoms in total. The van der Waals surface area contributed by atoms with Gasteiger partial charge in [-0.3, -0.25) is 9.89 Å². The molecule has 7 heteroatoms. The van der Waals surface area contributed by atoms with E-state index in [-0.39, 0.29) is 11.8 Å². The number of nitrogens with zero attached hydrogens (tertiary/aromatic N) is 2. The lowest BCUT2D eigenvalue weighted by atomic mass is 10.0. The average Bonchev–Trinajstić information content (AvgIpc) is 3.33. The van der Waals surface area contributed by atoms with Crippen LogP contribution < -0.4 is 4.74 Å². The number of carbonyl (C=O) groups is 1. The van der Waals surface area contributed by atoms with Crippen molar-refractivity contribution < 1.29 is 19.1 Å². The highest BCUT2D eigenvalue weighted by Crippen LogP contribution is 2.31. The summed E-state index contributed by atoms with van der Waals surface area (Å²) < 4.78 is 11.1. The van der Waals surface area contributed by atoms with Crippen LogP contribution in [0.25, 0.3) is 11.0 Å². The van der Waals surface area contributed by atoms with Gasteiger partial charge in [0.1, 0.15) is 11.3 Å². The van der Waals surface area contributed by atoms with E-state index in [1.807, 2.05) is 32.0 Å². The second-order valence-corrected chi connectivity index (χ2v) is 7.20. The zero-order chi connectivity index (χ0) is 19.1. The molecule has 1 amide bonds. The Morgan fingerprint density at radius 3 is 2.89 bits per heavy atom. The molecule has 0 unspecified atom stereocenters. The third-order valence-electron chi connectivity index (χ3n) is 5.26. The molecule has 142 valence electrons. The maximum absolute atomic E-state index is 13.0. The number of rotatable bonds is 4. The number of fused-ring (bicyclic) bond motifs is 1. The molecule has 1 aromatic carbocycles. The maximum Gasteiger partial charge on any atom is 0.289 e. The predicted octanol–water partition coefficient (Wildman–Crippen LogP) is 2.46. The minimum atomic E-state index is -0.573. The van der Waals surface area contributed by atoms with Crippen LogP contribution in [0, 0.1) is 19.8 Å². The van der Waals surface area contributed by atoms with Crippen molar-refractivity contribution >= 4 is 16.9 Å². The Morgan fingerprint density at radius 1 is 1.37 bits per heavy atom. The van der Waals surface area contributed by atoms with Gasteiger partial charge in [0.25, 0.3) is 5.91 Å². The highest BCUT2D eigenvalue weighted by atomic mass is 16.5. The van der Waals surface area contributed by atoms with Gasteiger partial charge in [-0.2, -0.15) is 5.10 Å². The number of hydrogen-bond acceptors (Lipinski definition) is 5. The van der Waals surface area contributed by atoms with Gasteiger partial charge in [-0.25, -0.2) is 0 Å². The van der Waals surface area contributed by atoms with Gasteiger partial charge in [0, 0.05) is 41.7 Å². The predicted molar refractivity (Wildman–Crippen MR) is 99.9 cm³/mol. The van der Waals surface area contributed by atoms with Crippen LogP contribution in [-0.2, 0) is 6.42 Å². The Morgan fingerprint density at radius 2 is 2.19 bits per heavy atom. The summed E-state index contributed by atoms with van der Waals surface area (Å²) in [5.41, 5.74) is 3.31. The smallest absolute Gasteiger partial charge is 0.289 e. The molecule has 4 rings (SSSR count). The van der Waals surface area contributed by atoms with Crippen molar-refractivity contribution in [2.24, 2.45) is 5.92 Å². The first-order valence-corrected chi connectivity index (χ1v) is 9.01. The quantitative estimate of drug-likeness (QED) is 0.737. The number of H-pyrrole nitrogens is 1. The molecule has 3 aromatic rings. The number of carbonyl (C=O) groups excluding carboxylic acids is 1. The molecule has 0 bridgehead atoms. The van der Waals surface area contributed by atoms with Crippen LogP contribution in [0.1, 0.15) is 27.5 Å². The first kappa shape index (κ1) is 17.6. The molecule has 2 N–H and O–H groups in total. The fourth-order valence-corrected chi connectivity index (χ4v) is 3.75. The van der Waals surface area contributed by atoms with Crippen LogP contribution in [0.5, 0.6) is 5.75 Å². The summed E-state index contributed by atoms with van der Waals surface area (Å²) in [6, 6.07) is 7.49. The number of benzene rings is 1. The summed E-state index contributed by atoms with van der Waals surface area (Å²) in [5, 5.41) is 18.5. The van der Waals surface area contributed by atoms with Crippen LogP contribution in [0.15, 0.2) is 28.7 Å². The van der Waals surface area contributed by atoms with E-state index in [1.165, 1.54) is 0 Å². The number of furan rings is 1. The van der Waals surface area contributed by atoms with Crippen molar-refractivity contribution in [3.05, 3.63) is 47.0 Å². The van der Waals surface area contributed by atoms with Gasteiger partial charge in [-0.1, -0.05) is 0 Å². The largest absolute Gasteiger partial charge is 0.497 e. The van der Waals surface area contributed by atoms with E-state index in [2.05, 4.69) is 10.2 Å². The van der Waals surface area contributed by atoms with E-state index in [1.54, 1.807) is 18.1 Å². The molecule has 2 atom stereocenters. The number of aromatic nitrogens is 2. The molecule has 1 fully saturated rings. The topological polar surface area (TPSA) is 91.6 Å². The Labute approximate surface area is 156 Å². The van der Waals surface area contributed by atoms with E-state index in [0.717, 1.165) is 22.3 Å². The molecule has 1 aliphatic heterocycles. The molecule has 0 radical (unpaired) electrons. The number of aliphatic hydroxyl groups is 1. The number of aliphatic hydroxyl groups excluding tert-OH is 1. The van der Waals surface area contributed by atoms with Crippen LogP contribution in [0.2, 0.25) is 0 Å². The number of nitrogens with one attached hydrogen (secondary N) is 1. The fraction of sp³-hybridized carbons (Fsp3) is 0.400. The van der Waals surface area contributed by atoms with Crippen LogP contribution >= 0.6 is 0 Å². The number of hydrogen-bond donors (Lipinski definition) is 2. The third kappa shape index (κ3) is 3.19. The first-order chi connectivity index (χ1) is 13.0. The number of methoxy groups -OCH3 is 1. The zero-order valence-electron chi connectivity index (χ0n) is 15.7. The van der Waals surface area contributed by atoms with Crippen molar-refractivity contribution in [3.63, 3.8) is 0 Å². The van der Waals surface area contributed by atoms with Gasteiger partial charge < -0.3 is 19.2 Å². The van der Waals surface area contributed by atoms with E-state index in [4.69, 9.17) is 9.15 Å². The molecule has 0 aliphatic carbocycles. The maximum atomic E-state index is 13.0. The third-order valence-corrected chi connectivity index (χ3v) is 5.26. The van der Waals surface area contributed by atoms with Gasteiger partial charge in [-0.05, 0) is 38.5 Å². The second kappa shape index (κ2) is 6.74. The van der Waals surface area contributed by atoms with Crippen LogP contribution in [0.4, 0.5) is 0 Å². The van der Waals surface area contributed by atoms with Gasteiger partial charge in [0.05, 0.1) is 18.9 Å². The van der Waals surface area contributed by atoms with Gasteiger partial charge in [0.15, 0.2) is 5.76 Å². The summed E-state index contributed by atoms with van der Waals surface area (Å²) in [7, 11) is 1.59. The minimum Gasteiger partial charge on any atom is -0.497 e. The van der Waals surface area contributed by atoms with Gasteiger partial charge in [0.2, 0.25) is 0 Å². The number of amides is 1. The van der Waals surface area contributed by atoms with E-state index in [9.17, 15) is 9.90 Å². The van der Waals surface area contributed by atoms with Crippen molar-refractivity contribution in [1.82, 2.24) is 15.1 Å². The van der Waals surface area contributed by atoms with E-state index in [0.29, 0.717) is 36.6 Å². The molecule has 0 saturated carbocycles. The summed E-state index contributed by atoms with van der Waals surface area (Å²) in [6.45, 7) is 4.59. The van der Waals surface area contributed by atoms with Crippen molar-refractivity contribution in [2.45, 2.75) is 26.4 Å². The number of ether oxygens (including phenoxy) is 1.